The second-order valence-corrected chi connectivity index (χ2v) is 5.62. The van der Waals surface area contributed by atoms with E-state index in [1.807, 2.05) is 25.1 Å². The molecule has 0 bridgehead atoms. The van der Waals surface area contributed by atoms with Crippen LogP contribution in [0.5, 0.6) is 5.75 Å². The first-order chi connectivity index (χ1) is 13.5. The second-order valence-electron chi connectivity index (χ2n) is 5.62. The van der Waals surface area contributed by atoms with Gasteiger partial charge in [0.1, 0.15) is 5.75 Å². The zero-order chi connectivity index (χ0) is 20.4. The number of benzene rings is 2. The van der Waals surface area contributed by atoms with Crippen molar-refractivity contribution in [2.24, 2.45) is 0 Å². The maximum Gasteiger partial charge on any atom is 0.331 e. The molecule has 0 radical (unpaired) electrons. The molecule has 0 aliphatic heterocycles. The lowest BCUT2D eigenvalue weighted by atomic mass is 10.2. The standard InChI is InChI=1S/C21H22N2O5/c1-3-27-18-7-5-4-6-15(18)10-13-20(25)28-14-19(24)23-17-11-8-16(9-12-17)21(26)22-2/h4-13H,3,14H2,1-2H3,(H,22,26)(H,23,24)/b13-10+. The van der Waals surface area contributed by atoms with Gasteiger partial charge in [-0.3, -0.25) is 9.59 Å². The first-order valence-corrected chi connectivity index (χ1v) is 8.72. The SMILES string of the molecule is CCOc1ccccc1/C=C/C(=O)OCC(=O)Nc1ccc(C(=O)NC)cc1. The lowest BCUT2D eigenvalue weighted by molar-refractivity contribution is -0.142. The number of carbonyl (C=O) groups is 3. The molecule has 2 N–H and O–H groups in total. The molecule has 2 aromatic rings. The Labute approximate surface area is 163 Å². The summed E-state index contributed by atoms with van der Waals surface area (Å²) in [5.74, 6) is -0.683. The highest BCUT2D eigenvalue weighted by atomic mass is 16.5. The maximum absolute atomic E-state index is 11.9. The predicted molar refractivity (Wildman–Crippen MR) is 106 cm³/mol. The van der Waals surface area contributed by atoms with Crippen LogP contribution in [0.4, 0.5) is 5.69 Å². The summed E-state index contributed by atoms with van der Waals surface area (Å²) in [4.78, 5) is 35.2. The fourth-order valence-electron chi connectivity index (χ4n) is 2.29. The highest BCUT2D eigenvalue weighted by Crippen LogP contribution is 2.19. The van der Waals surface area contributed by atoms with Crippen LogP contribution in [0, 0.1) is 0 Å². The number of para-hydroxylation sites is 1. The van der Waals surface area contributed by atoms with Gasteiger partial charge in [0.05, 0.1) is 6.61 Å². The van der Waals surface area contributed by atoms with Gasteiger partial charge in [0.15, 0.2) is 6.61 Å². The number of nitrogens with one attached hydrogen (secondary N) is 2. The van der Waals surface area contributed by atoms with Crippen LogP contribution < -0.4 is 15.4 Å². The Morgan fingerprint density at radius 3 is 2.43 bits per heavy atom. The number of ether oxygens (including phenoxy) is 2. The largest absolute Gasteiger partial charge is 0.493 e. The Bertz CT molecular complexity index is 859. The monoisotopic (exact) mass is 382 g/mol. The molecular formula is C21H22N2O5. The summed E-state index contributed by atoms with van der Waals surface area (Å²) in [5.41, 5.74) is 1.71. The minimum atomic E-state index is -0.642. The van der Waals surface area contributed by atoms with Gasteiger partial charge in [-0.15, -0.1) is 0 Å². The zero-order valence-corrected chi connectivity index (χ0v) is 15.7. The average Bonchev–Trinajstić information content (AvgIpc) is 2.72. The Morgan fingerprint density at radius 2 is 1.75 bits per heavy atom. The van der Waals surface area contributed by atoms with Crippen molar-refractivity contribution in [3.05, 3.63) is 65.7 Å². The summed E-state index contributed by atoms with van der Waals surface area (Å²) in [6.45, 7) is 1.96. The number of rotatable bonds is 8. The molecule has 0 atom stereocenters. The number of esters is 1. The average molecular weight is 382 g/mol. The van der Waals surface area contributed by atoms with Crippen LogP contribution in [0.1, 0.15) is 22.8 Å². The van der Waals surface area contributed by atoms with Gasteiger partial charge in [-0.05, 0) is 43.3 Å². The molecule has 0 aromatic heterocycles. The highest BCUT2D eigenvalue weighted by Gasteiger charge is 2.08. The molecule has 0 saturated carbocycles. The van der Waals surface area contributed by atoms with Gasteiger partial charge in [-0.2, -0.15) is 0 Å². The van der Waals surface area contributed by atoms with E-state index in [9.17, 15) is 14.4 Å². The van der Waals surface area contributed by atoms with Gasteiger partial charge in [-0.1, -0.05) is 18.2 Å². The van der Waals surface area contributed by atoms with Crippen molar-refractivity contribution < 1.29 is 23.9 Å². The summed E-state index contributed by atoms with van der Waals surface area (Å²) in [5, 5.41) is 5.10. The molecular weight excluding hydrogens is 360 g/mol. The predicted octanol–water partition coefficient (Wildman–Crippen LogP) is 2.64. The van der Waals surface area contributed by atoms with Crippen molar-refractivity contribution in [1.29, 1.82) is 0 Å². The van der Waals surface area contributed by atoms with Gasteiger partial charge in [0.2, 0.25) is 0 Å². The molecule has 2 amide bonds. The normalized spacial score (nSPS) is 10.4. The number of anilines is 1. The molecule has 2 aromatic carbocycles. The molecule has 7 nitrogen and oxygen atoms in total. The minimum absolute atomic E-state index is 0.218. The molecule has 2 rings (SSSR count). The summed E-state index contributed by atoms with van der Waals surface area (Å²) in [7, 11) is 1.54. The van der Waals surface area contributed by atoms with Gasteiger partial charge in [-0.25, -0.2) is 4.79 Å². The van der Waals surface area contributed by atoms with E-state index in [1.165, 1.54) is 13.1 Å². The van der Waals surface area contributed by atoms with E-state index < -0.39 is 18.5 Å². The van der Waals surface area contributed by atoms with E-state index in [2.05, 4.69) is 10.6 Å². The van der Waals surface area contributed by atoms with Crippen LogP contribution in [0.2, 0.25) is 0 Å². The molecule has 0 fully saturated rings. The van der Waals surface area contributed by atoms with E-state index in [0.717, 1.165) is 5.56 Å². The Morgan fingerprint density at radius 1 is 1.04 bits per heavy atom. The van der Waals surface area contributed by atoms with Crippen LogP contribution in [-0.2, 0) is 14.3 Å². The van der Waals surface area contributed by atoms with Crippen LogP contribution in [0.25, 0.3) is 6.08 Å². The van der Waals surface area contributed by atoms with E-state index in [1.54, 1.807) is 36.4 Å². The fourth-order valence-corrected chi connectivity index (χ4v) is 2.29. The molecule has 0 saturated heterocycles. The maximum atomic E-state index is 11.9. The van der Waals surface area contributed by atoms with E-state index in [0.29, 0.717) is 23.6 Å². The van der Waals surface area contributed by atoms with Crippen LogP contribution in [-0.4, -0.2) is 38.0 Å². The van der Waals surface area contributed by atoms with Crippen molar-refractivity contribution in [1.82, 2.24) is 5.32 Å². The van der Waals surface area contributed by atoms with Crippen LogP contribution in [0.15, 0.2) is 54.6 Å². The van der Waals surface area contributed by atoms with Crippen LogP contribution in [0.3, 0.4) is 0 Å². The molecule has 0 aliphatic rings. The van der Waals surface area contributed by atoms with Crippen molar-refractivity contribution in [2.45, 2.75) is 6.92 Å². The second kappa shape index (κ2) is 10.5. The summed E-state index contributed by atoms with van der Waals surface area (Å²) in [6, 6.07) is 13.6. The van der Waals surface area contributed by atoms with Gasteiger partial charge in [0.25, 0.3) is 11.8 Å². The van der Waals surface area contributed by atoms with Crippen LogP contribution >= 0.6 is 0 Å². The molecule has 28 heavy (non-hydrogen) atoms. The smallest absolute Gasteiger partial charge is 0.331 e. The Kier molecular flexibility index (Phi) is 7.77. The van der Waals surface area contributed by atoms with E-state index in [4.69, 9.17) is 9.47 Å². The van der Waals surface area contributed by atoms with E-state index in [-0.39, 0.29) is 5.91 Å². The molecule has 0 unspecified atom stereocenters. The molecule has 0 heterocycles. The number of carbonyl (C=O) groups excluding carboxylic acids is 3. The molecule has 146 valence electrons. The lowest BCUT2D eigenvalue weighted by Gasteiger charge is -2.07. The summed E-state index contributed by atoms with van der Waals surface area (Å²) < 4.78 is 10.4. The number of hydrogen-bond acceptors (Lipinski definition) is 5. The topological polar surface area (TPSA) is 93.7 Å². The molecule has 0 aliphatic carbocycles. The van der Waals surface area contributed by atoms with Gasteiger partial charge < -0.3 is 20.1 Å². The fraction of sp³-hybridized carbons (Fsp3) is 0.190. The lowest BCUT2D eigenvalue weighted by Crippen LogP contribution is -2.20. The van der Waals surface area contributed by atoms with Crippen molar-refractivity contribution >= 4 is 29.5 Å². The Hall–Kier alpha value is -3.61. The van der Waals surface area contributed by atoms with Crippen molar-refractivity contribution in [2.75, 3.05) is 25.6 Å². The summed E-state index contributed by atoms with van der Waals surface area (Å²) in [6.07, 6.45) is 2.81. The van der Waals surface area contributed by atoms with Gasteiger partial charge >= 0.3 is 5.97 Å². The third-order valence-electron chi connectivity index (χ3n) is 3.62. The van der Waals surface area contributed by atoms with Crippen molar-refractivity contribution in [3.63, 3.8) is 0 Å². The van der Waals surface area contributed by atoms with Crippen molar-refractivity contribution in [3.8, 4) is 5.75 Å². The quantitative estimate of drug-likeness (QED) is 0.541. The zero-order valence-electron chi connectivity index (χ0n) is 15.7. The first kappa shape index (κ1) is 20.7. The molecule has 7 heteroatoms. The molecule has 0 spiro atoms. The third kappa shape index (κ3) is 6.28. The number of hydrogen-bond donors (Lipinski definition) is 2. The third-order valence-corrected chi connectivity index (χ3v) is 3.62. The van der Waals surface area contributed by atoms with Gasteiger partial charge in [0, 0.05) is 29.9 Å². The summed E-state index contributed by atoms with van der Waals surface area (Å²) >= 11 is 0. The minimum Gasteiger partial charge on any atom is -0.493 e. The number of amides is 2. The Balaban J connectivity index is 1.84. The first-order valence-electron chi connectivity index (χ1n) is 8.72. The highest BCUT2D eigenvalue weighted by molar-refractivity contribution is 5.96. The van der Waals surface area contributed by atoms with E-state index >= 15 is 0 Å².